The molecule has 1 atom stereocenters. The molecule has 0 bridgehead atoms. The van der Waals surface area contributed by atoms with Crippen molar-refractivity contribution < 1.29 is 4.79 Å². The summed E-state index contributed by atoms with van der Waals surface area (Å²) in [7, 11) is 0. The van der Waals surface area contributed by atoms with Crippen LogP contribution in [0, 0.1) is 5.92 Å². The van der Waals surface area contributed by atoms with Crippen LogP contribution in [0.5, 0.6) is 0 Å². The van der Waals surface area contributed by atoms with E-state index in [2.05, 4.69) is 27.5 Å². The molecule has 2 aromatic heterocycles. The van der Waals surface area contributed by atoms with E-state index in [0.717, 1.165) is 30.5 Å². The number of aromatic nitrogens is 4. The van der Waals surface area contributed by atoms with Crippen LogP contribution in [-0.4, -0.2) is 32.4 Å². The lowest BCUT2D eigenvalue weighted by molar-refractivity contribution is 0.0945. The van der Waals surface area contributed by atoms with Gasteiger partial charge in [0.05, 0.1) is 6.54 Å². The highest BCUT2D eigenvalue weighted by molar-refractivity contribution is 5.94. The molecule has 2 aromatic rings. The number of H-pyrrole nitrogens is 2. The van der Waals surface area contributed by atoms with Crippen LogP contribution < -0.4 is 16.4 Å². The third-order valence-electron chi connectivity index (χ3n) is 4.12. The van der Waals surface area contributed by atoms with E-state index in [1.165, 1.54) is 16.8 Å². The Morgan fingerprint density at radius 1 is 1.43 bits per heavy atom. The minimum absolute atomic E-state index is 0.198. The van der Waals surface area contributed by atoms with Crippen LogP contribution in [0.1, 0.15) is 35.1 Å². The standard InChI is InChI=1S/C15H19N5O3/c1-9-2-3-11-10(8-9)14(18-17-11)15(23)16-6-7-20-13(22)5-4-12(21)19-20/h4-5,9H,2-3,6-8H2,1H3,(H,16,23)(H,17,18)(H,19,21). The summed E-state index contributed by atoms with van der Waals surface area (Å²) >= 11 is 0. The van der Waals surface area contributed by atoms with E-state index >= 15 is 0 Å². The molecule has 8 heteroatoms. The first-order valence-electron chi connectivity index (χ1n) is 7.69. The van der Waals surface area contributed by atoms with E-state index in [1.807, 2.05) is 0 Å². The van der Waals surface area contributed by atoms with Crippen molar-refractivity contribution in [3.63, 3.8) is 0 Å². The predicted molar refractivity (Wildman–Crippen MR) is 83.4 cm³/mol. The third kappa shape index (κ3) is 3.25. The van der Waals surface area contributed by atoms with Gasteiger partial charge in [0.15, 0.2) is 5.69 Å². The summed E-state index contributed by atoms with van der Waals surface area (Å²) in [5.74, 6) is 0.280. The molecular weight excluding hydrogens is 298 g/mol. The highest BCUT2D eigenvalue weighted by Gasteiger charge is 2.24. The van der Waals surface area contributed by atoms with Gasteiger partial charge in [-0.25, -0.2) is 4.68 Å². The molecule has 0 aromatic carbocycles. The van der Waals surface area contributed by atoms with Crippen molar-refractivity contribution in [1.29, 1.82) is 0 Å². The maximum absolute atomic E-state index is 12.3. The first-order valence-corrected chi connectivity index (χ1v) is 7.69. The Bertz CT molecular complexity index is 832. The van der Waals surface area contributed by atoms with E-state index in [-0.39, 0.29) is 30.1 Å². The number of hydrogen-bond donors (Lipinski definition) is 3. The Morgan fingerprint density at radius 3 is 3.09 bits per heavy atom. The van der Waals surface area contributed by atoms with Gasteiger partial charge in [-0.05, 0) is 25.2 Å². The Kier molecular flexibility index (Phi) is 4.14. The quantitative estimate of drug-likeness (QED) is 0.725. The second-order valence-electron chi connectivity index (χ2n) is 5.93. The number of carbonyl (C=O) groups excluding carboxylic acids is 1. The van der Waals surface area contributed by atoms with Gasteiger partial charge >= 0.3 is 0 Å². The van der Waals surface area contributed by atoms with Crippen molar-refractivity contribution in [2.45, 2.75) is 32.7 Å². The van der Waals surface area contributed by atoms with Gasteiger partial charge in [-0.1, -0.05) is 6.92 Å². The average molecular weight is 317 g/mol. The molecule has 23 heavy (non-hydrogen) atoms. The van der Waals surface area contributed by atoms with Gasteiger partial charge in [-0.15, -0.1) is 0 Å². The number of aromatic amines is 2. The van der Waals surface area contributed by atoms with Gasteiger partial charge in [-0.3, -0.25) is 24.6 Å². The summed E-state index contributed by atoms with van der Waals surface area (Å²) in [6.07, 6.45) is 2.86. The van der Waals surface area contributed by atoms with Gasteiger partial charge in [-0.2, -0.15) is 5.10 Å². The van der Waals surface area contributed by atoms with E-state index in [0.29, 0.717) is 11.6 Å². The molecule has 1 aliphatic rings. The first-order chi connectivity index (χ1) is 11.0. The smallest absolute Gasteiger partial charge is 0.272 e. The fraction of sp³-hybridized carbons (Fsp3) is 0.467. The van der Waals surface area contributed by atoms with Crippen molar-refractivity contribution >= 4 is 5.91 Å². The lowest BCUT2D eigenvalue weighted by atomic mass is 9.88. The summed E-state index contributed by atoms with van der Waals surface area (Å²) in [4.78, 5) is 35.0. The van der Waals surface area contributed by atoms with E-state index in [9.17, 15) is 14.4 Å². The fourth-order valence-electron chi connectivity index (χ4n) is 2.85. The molecule has 2 heterocycles. The number of nitrogens with zero attached hydrogens (tertiary/aromatic N) is 2. The second kappa shape index (κ2) is 6.23. The van der Waals surface area contributed by atoms with Crippen molar-refractivity contribution in [2.75, 3.05) is 6.54 Å². The number of fused-ring (bicyclic) bond motifs is 1. The lowest BCUT2D eigenvalue weighted by Gasteiger charge is -2.18. The molecule has 0 saturated heterocycles. The maximum Gasteiger partial charge on any atom is 0.272 e. The number of rotatable bonds is 4. The van der Waals surface area contributed by atoms with Crippen LogP contribution >= 0.6 is 0 Å². The number of nitrogens with one attached hydrogen (secondary N) is 3. The lowest BCUT2D eigenvalue weighted by Crippen LogP contribution is -2.34. The largest absolute Gasteiger partial charge is 0.349 e. The number of aryl methyl sites for hydroxylation is 1. The van der Waals surface area contributed by atoms with Gasteiger partial charge in [0.1, 0.15) is 0 Å². The van der Waals surface area contributed by atoms with Gasteiger partial charge in [0, 0.05) is 29.9 Å². The minimum atomic E-state index is -0.355. The predicted octanol–water partition coefficient (Wildman–Crippen LogP) is -0.185. The Hall–Kier alpha value is -2.64. The number of carbonyl (C=O) groups is 1. The number of hydrogen-bond acceptors (Lipinski definition) is 4. The monoisotopic (exact) mass is 317 g/mol. The zero-order valence-corrected chi connectivity index (χ0v) is 12.9. The summed E-state index contributed by atoms with van der Waals surface area (Å²) in [6.45, 7) is 2.59. The Labute approximate surface area is 131 Å². The van der Waals surface area contributed by atoms with Crippen LogP contribution in [-0.2, 0) is 19.4 Å². The normalized spacial score (nSPS) is 16.8. The molecule has 1 aliphatic carbocycles. The van der Waals surface area contributed by atoms with Crippen molar-refractivity contribution in [1.82, 2.24) is 25.3 Å². The molecule has 1 amide bonds. The zero-order valence-electron chi connectivity index (χ0n) is 12.9. The van der Waals surface area contributed by atoms with Crippen molar-refractivity contribution in [3.8, 4) is 0 Å². The van der Waals surface area contributed by atoms with Crippen LogP contribution in [0.2, 0.25) is 0 Å². The Morgan fingerprint density at radius 2 is 2.26 bits per heavy atom. The molecule has 122 valence electrons. The van der Waals surface area contributed by atoms with Crippen LogP contribution in [0.15, 0.2) is 21.7 Å². The van der Waals surface area contributed by atoms with Crippen LogP contribution in [0.3, 0.4) is 0 Å². The van der Waals surface area contributed by atoms with Crippen molar-refractivity contribution in [2.24, 2.45) is 5.92 Å². The molecular formula is C15H19N5O3. The second-order valence-corrected chi connectivity index (χ2v) is 5.93. The zero-order chi connectivity index (χ0) is 16.4. The molecule has 3 rings (SSSR count). The molecule has 0 radical (unpaired) electrons. The third-order valence-corrected chi connectivity index (χ3v) is 4.12. The van der Waals surface area contributed by atoms with E-state index in [4.69, 9.17) is 0 Å². The van der Waals surface area contributed by atoms with Gasteiger partial charge in [0.2, 0.25) is 0 Å². The maximum atomic E-state index is 12.3. The summed E-state index contributed by atoms with van der Waals surface area (Å²) in [5.41, 5.74) is 1.79. The molecule has 0 fully saturated rings. The fourth-order valence-corrected chi connectivity index (χ4v) is 2.85. The summed E-state index contributed by atoms with van der Waals surface area (Å²) in [6, 6.07) is 2.38. The van der Waals surface area contributed by atoms with Gasteiger partial charge < -0.3 is 5.32 Å². The molecule has 0 aliphatic heterocycles. The number of amides is 1. The molecule has 3 N–H and O–H groups in total. The average Bonchev–Trinajstić information content (AvgIpc) is 2.93. The first kappa shape index (κ1) is 15.3. The SMILES string of the molecule is CC1CCc2[nH]nc(C(=O)NCCn3[nH]c(=O)ccc3=O)c2C1. The molecule has 0 saturated carbocycles. The minimum Gasteiger partial charge on any atom is -0.349 e. The molecule has 8 nitrogen and oxygen atoms in total. The van der Waals surface area contributed by atoms with Gasteiger partial charge in [0.25, 0.3) is 17.0 Å². The topological polar surface area (TPSA) is 113 Å². The molecule has 0 spiro atoms. The van der Waals surface area contributed by atoms with Crippen LogP contribution in [0.4, 0.5) is 0 Å². The summed E-state index contributed by atoms with van der Waals surface area (Å²) < 4.78 is 1.17. The summed E-state index contributed by atoms with van der Waals surface area (Å²) in [5, 5.41) is 12.2. The Balaban J connectivity index is 1.64. The van der Waals surface area contributed by atoms with Crippen molar-refractivity contribution in [3.05, 3.63) is 49.8 Å². The highest BCUT2D eigenvalue weighted by Crippen LogP contribution is 2.25. The van der Waals surface area contributed by atoms with Crippen LogP contribution in [0.25, 0.3) is 0 Å². The van der Waals surface area contributed by atoms with E-state index in [1.54, 1.807) is 0 Å². The molecule has 1 unspecified atom stereocenters. The van der Waals surface area contributed by atoms with E-state index < -0.39 is 0 Å². The highest BCUT2D eigenvalue weighted by atomic mass is 16.2.